The van der Waals surface area contributed by atoms with Gasteiger partial charge < -0.3 is 40.3 Å². The number of rotatable bonds is 8. The van der Waals surface area contributed by atoms with E-state index in [1.807, 2.05) is 20.8 Å². The number of benzene rings is 2. The molecular formula is C29H41N5O6. The Balaban J connectivity index is 1.84. The Morgan fingerprint density at radius 1 is 1.12 bits per heavy atom. The molecule has 11 heteroatoms. The molecule has 2 aromatic carbocycles. The summed E-state index contributed by atoms with van der Waals surface area (Å²) in [7, 11) is 3.26. The summed E-state index contributed by atoms with van der Waals surface area (Å²) in [6.07, 6.45) is -0.429. The average Bonchev–Trinajstić information content (AvgIpc) is 2.95. The summed E-state index contributed by atoms with van der Waals surface area (Å²) in [5, 5.41) is 18.3. The maximum atomic E-state index is 13.4. The molecule has 1 aliphatic rings. The number of anilines is 2. The van der Waals surface area contributed by atoms with Crippen molar-refractivity contribution in [1.29, 1.82) is 0 Å². The molecule has 218 valence electrons. The van der Waals surface area contributed by atoms with Gasteiger partial charge in [0.1, 0.15) is 17.6 Å². The van der Waals surface area contributed by atoms with Crippen LogP contribution >= 0.6 is 0 Å². The van der Waals surface area contributed by atoms with E-state index in [-0.39, 0.29) is 49.5 Å². The van der Waals surface area contributed by atoms with Crippen molar-refractivity contribution >= 4 is 29.3 Å². The number of hydrogen-bond acceptors (Lipinski definition) is 6. The van der Waals surface area contributed by atoms with Crippen LogP contribution in [0, 0.1) is 5.92 Å². The van der Waals surface area contributed by atoms with Gasteiger partial charge in [-0.05, 0) is 63.2 Å². The van der Waals surface area contributed by atoms with Gasteiger partial charge in [0.05, 0.1) is 32.7 Å². The summed E-state index contributed by atoms with van der Waals surface area (Å²) in [5.74, 6) is 0.860. The van der Waals surface area contributed by atoms with E-state index in [0.29, 0.717) is 35.0 Å². The Labute approximate surface area is 235 Å². The van der Waals surface area contributed by atoms with E-state index in [4.69, 9.17) is 9.47 Å². The topological polar surface area (TPSA) is 132 Å². The van der Waals surface area contributed by atoms with Crippen molar-refractivity contribution in [2.24, 2.45) is 5.92 Å². The third-order valence-electron chi connectivity index (χ3n) is 6.74. The molecule has 3 rings (SSSR count). The third kappa shape index (κ3) is 8.25. The number of nitrogens with one attached hydrogen (secondary N) is 3. The summed E-state index contributed by atoms with van der Waals surface area (Å²) < 4.78 is 11.6. The number of fused-ring (bicyclic) bond motifs is 1. The molecular weight excluding hydrogens is 514 g/mol. The van der Waals surface area contributed by atoms with Gasteiger partial charge in [-0.25, -0.2) is 9.59 Å². The normalized spacial score (nSPS) is 17.9. The van der Waals surface area contributed by atoms with Crippen molar-refractivity contribution in [1.82, 2.24) is 15.1 Å². The van der Waals surface area contributed by atoms with E-state index in [9.17, 15) is 19.5 Å². The molecule has 0 bridgehead atoms. The fourth-order valence-corrected chi connectivity index (χ4v) is 4.40. The number of ether oxygens (including phenoxy) is 2. The highest BCUT2D eigenvalue weighted by Crippen LogP contribution is 2.29. The number of urea groups is 2. The Kier molecular flexibility index (Phi) is 10.6. The van der Waals surface area contributed by atoms with Gasteiger partial charge in [0, 0.05) is 42.5 Å². The van der Waals surface area contributed by atoms with Crippen LogP contribution in [0.5, 0.6) is 11.5 Å². The van der Waals surface area contributed by atoms with Crippen molar-refractivity contribution in [2.75, 3.05) is 44.5 Å². The number of aliphatic hydroxyl groups excluding tert-OH is 1. The minimum atomic E-state index is -0.465. The second-order valence-corrected chi connectivity index (χ2v) is 10.5. The largest absolute Gasteiger partial charge is 0.497 e. The Bertz CT molecular complexity index is 1170. The van der Waals surface area contributed by atoms with Gasteiger partial charge >= 0.3 is 12.1 Å². The number of hydrogen-bond donors (Lipinski definition) is 4. The predicted octanol–water partition coefficient (Wildman–Crippen LogP) is 3.54. The summed E-state index contributed by atoms with van der Waals surface area (Å²) in [5.41, 5.74) is 1.75. The minimum Gasteiger partial charge on any atom is -0.497 e. The first-order valence-electron chi connectivity index (χ1n) is 13.4. The molecule has 1 heterocycles. The van der Waals surface area contributed by atoms with Crippen LogP contribution in [-0.2, 0) is 11.2 Å². The molecule has 0 unspecified atom stereocenters. The summed E-state index contributed by atoms with van der Waals surface area (Å²) in [6, 6.07) is 11.1. The van der Waals surface area contributed by atoms with Crippen molar-refractivity contribution < 1.29 is 29.0 Å². The third-order valence-corrected chi connectivity index (χ3v) is 6.74. The van der Waals surface area contributed by atoms with E-state index in [0.717, 1.165) is 0 Å². The van der Waals surface area contributed by atoms with Crippen molar-refractivity contribution in [3.05, 3.63) is 48.0 Å². The molecule has 11 nitrogen and oxygen atoms in total. The van der Waals surface area contributed by atoms with Gasteiger partial charge in [-0.3, -0.25) is 4.79 Å². The van der Waals surface area contributed by atoms with Crippen LogP contribution < -0.4 is 25.4 Å². The lowest BCUT2D eigenvalue weighted by atomic mass is 10.0. The number of nitrogens with zero attached hydrogens (tertiary/aromatic N) is 2. The van der Waals surface area contributed by atoms with Gasteiger partial charge in [0.2, 0.25) is 5.91 Å². The fraction of sp³-hybridized carbons (Fsp3) is 0.483. The molecule has 0 aliphatic carbocycles. The summed E-state index contributed by atoms with van der Waals surface area (Å²) in [6.45, 7) is 7.89. The van der Waals surface area contributed by atoms with Crippen LogP contribution in [0.1, 0.15) is 33.3 Å². The molecule has 0 saturated carbocycles. The van der Waals surface area contributed by atoms with E-state index in [1.54, 1.807) is 68.4 Å². The number of methoxy groups -OCH3 is 1. The quantitative estimate of drug-likeness (QED) is 0.394. The van der Waals surface area contributed by atoms with Gasteiger partial charge in [0.15, 0.2) is 0 Å². The van der Waals surface area contributed by atoms with Gasteiger partial charge in [-0.2, -0.15) is 0 Å². The first-order chi connectivity index (χ1) is 19.0. The molecule has 0 spiro atoms. The first-order valence-corrected chi connectivity index (χ1v) is 13.4. The summed E-state index contributed by atoms with van der Waals surface area (Å²) >= 11 is 0. The average molecular weight is 556 g/mol. The maximum Gasteiger partial charge on any atom is 0.321 e. The lowest BCUT2D eigenvalue weighted by Gasteiger charge is -2.34. The number of likely N-dealkylation sites (N-methyl/N-ethyl adjacent to an activating group) is 1. The van der Waals surface area contributed by atoms with Crippen molar-refractivity contribution in [2.45, 2.75) is 52.3 Å². The standard InChI is InChI=1S/C29H41N5O6/c1-18(2)30-28(37)31-23-9-12-25-21(13-23)14-27(36)34(20(4)17-35)15-19(3)26(40-25)16-33(5)29(38)32-22-7-10-24(39-6)11-8-22/h7-13,18-20,26,35H,14-17H2,1-6H3,(H,32,38)(H2,30,31,37)/t19-,20-,26+/m0/s1. The smallest absolute Gasteiger partial charge is 0.321 e. The molecule has 0 aromatic heterocycles. The molecule has 0 radical (unpaired) electrons. The van der Waals surface area contributed by atoms with Gasteiger partial charge in [0.25, 0.3) is 0 Å². The monoisotopic (exact) mass is 555 g/mol. The predicted molar refractivity (Wildman–Crippen MR) is 154 cm³/mol. The van der Waals surface area contributed by atoms with E-state index < -0.39 is 12.1 Å². The molecule has 40 heavy (non-hydrogen) atoms. The SMILES string of the molecule is COc1ccc(NC(=O)N(C)C[C@H]2Oc3ccc(NC(=O)NC(C)C)cc3CC(=O)N([C@@H](C)CO)C[C@@H]2C)cc1. The zero-order valence-electron chi connectivity index (χ0n) is 24.1. The lowest BCUT2D eigenvalue weighted by molar-refractivity contribution is -0.134. The van der Waals surface area contributed by atoms with Crippen molar-refractivity contribution in [3.8, 4) is 11.5 Å². The van der Waals surface area contributed by atoms with Crippen molar-refractivity contribution in [3.63, 3.8) is 0 Å². The van der Waals surface area contributed by atoms with E-state index in [1.165, 1.54) is 4.90 Å². The zero-order valence-corrected chi connectivity index (χ0v) is 24.1. The number of amides is 5. The highest BCUT2D eigenvalue weighted by atomic mass is 16.5. The second-order valence-electron chi connectivity index (χ2n) is 10.5. The zero-order chi connectivity index (χ0) is 29.4. The molecule has 1 aliphatic heterocycles. The number of carbonyl (C=O) groups excluding carboxylic acids is 3. The molecule has 0 fully saturated rings. The van der Waals surface area contributed by atoms with Crippen LogP contribution in [-0.4, -0.2) is 84.9 Å². The fourth-order valence-electron chi connectivity index (χ4n) is 4.40. The van der Waals surface area contributed by atoms with Gasteiger partial charge in [-0.15, -0.1) is 0 Å². The molecule has 2 aromatic rings. The highest BCUT2D eigenvalue weighted by molar-refractivity contribution is 5.90. The number of aliphatic hydroxyl groups is 1. The minimum absolute atomic E-state index is 0.0348. The maximum absolute atomic E-state index is 13.4. The number of carbonyl (C=O) groups is 3. The Morgan fingerprint density at radius 3 is 2.42 bits per heavy atom. The first kappa shape index (κ1) is 30.6. The highest BCUT2D eigenvalue weighted by Gasteiger charge is 2.32. The van der Waals surface area contributed by atoms with E-state index in [2.05, 4.69) is 16.0 Å². The van der Waals surface area contributed by atoms with Crippen LogP contribution in [0.2, 0.25) is 0 Å². The Hall–Kier alpha value is -3.99. The van der Waals surface area contributed by atoms with Crippen LogP contribution in [0.25, 0.3) is 0 Å². The van der Waals surface area contributed by atoms with Crippen LogP contribution in [0.15, 0.2) is 42.5 Å². The van der Waals surface area contributed by atoms with Crippen LogP contribution in [0.3, 0.4) is 0 Å². The van der Waals surface area contributed by atoms with E-state index >= 15 is 0 Å². The molecule has 4 N–H and O–H groups in total. The molecule has 5 amide bonds. The van der Waals surface area contributed by atoms with Crippen LogP contribution in [0.4, 0.5) is 21.0 Å². The second kappa shape index (κ2) is 13.9. The van der Waals surface area contributed by atoms with Gasteiger partial charge in [-0.1, -0.05) is 6.92 Å². The summed E-state index contributed by atoms with van der Waals surface area (Å²) in [4.78, 5) is 41.8. The lowest BCUT2D eigenvalue weighted by Crippen LogP contribution is -2.48. The Morgan fingerprint density at radius 2 is 1.80 bits per heavy atom. The molecule has 3 atom stereocenters. The molecule has 0 saturated heterocycles.